The minimum absolute atomic E-state index is 0.568. The summed E-state index contributed by atoms with van der Waals surface area (Å²) in [4.78, 5) is 8.94. The largest absolute Gasteiger partial charge is 0.237 e. The van der Waals surface area contributed by atoms with Crippen molar-refractivity contribution in [2.24, 2.45) is 0 Å². The molecule has 2 rings (SSSR count). The van der Waals surface area contributed by atoms with Crippen molar-refractivity contribution in [1.29, 1.82) is 0 Å². The van der Waals surface area contributed by atoms with Crippen molar-refractivity contribution in [3.05, 3.63) is 22.2 Å². The highest BCUT2D eigenvalue weighted by molar-refractivity contribution is 6.30. The van der Waals surface area contributed by atoms with Crippen molar-refractivity contribution in [1.82, 2.24) is 9.97 Å². The van der Waals surface area contributed by atoms with Crippen molar-refractivity contribution < 1.29 is 0 Å². The van der Waals surface area contributed by atoms with Gasteiger partial charge in [0.2, 0.25) is 0 Å². The SMILES string of the molecule is CCc1nc(C2CCC2)nc(Cl)c1C. The summed E-state index contributed by atoms with van der Waals surface area (Å²) in [7, 11) is 0. The quantitative estimate of drug-likeness (QED) is 0.701. The van der Waals surface area contributed by atoms with E-state index in [2.05, 4.69) is 16.9 Å². The van der Waals surface area contributed by atoms with Gasteiger partial charge in [-0.3, -0.25) is 0 Å². The van der Waals surface area contributed by atoms with Crippen molar-refractivity contribution >= 4 is 11.6 Å². The van der Waals surface area contributed by atoms with Crippen LogP contribution >= 0.6 is 11.6 Å². The van der Waals surface area contributed by atoms with Gasteiger partial charge in [-0.1, -0.05) is 24.9 Å². The van der Waals surface area contributed by atoms with E-state index in [1.165, 1.54) is 19.3 Å². The summed E-state index contributed by atoms with van der Waals surface area (Å²) >= 11 is 6.07. The lowest BCUT2D eigenvalue weighted by atomic mass is 9.85. The average molecular weight is 211 g/mol. The summed E-state index contributed by atoms with van der Waals surface area (Å²) < 4.78 is 0. The molecule has 0 saturated heterocycles. The minimum Gasteiger partial charge on any atom is -0.237 e. The van der Waals surface area contributed by atoms with Gasteiger partial charge in [0.25, 0.3) is 0 Å². The summed E-state index contributed by atoms with van der Waals surface area (Å²) in [6.07, 6.45) is 4.69. The maximum Gasteiger partial charge on any atom is 0.135 e. The van der Waals surface area contributed by atoms with E-state index in [0.717, 1.165) is 23.5 Å². The van der Waals surface area contributed by atoms with Crippen LogP contribution in [0.3, 0.4) is 0 Å². The van der Waals surface area contributed by atoms with Gasteiger partial charge in [0.15, 0.2) is 0 Å². The maximum absolute atomic E-state index is 6.07. The highest BCUT2D eigenvalue weighted by Crippen LogP contribution is 2.35. The summed E-state index contributed by atoms with van der Waals surface area (Å²) in [6, 6.07) is 0. The maximum atomic E-state index is 6.07. The van der Waals surface area contributed by atoms with Crippen LogP contribution in [0.4, 0.5) is 0 Å². The number of aromatic nitrogens is 2. The van der Waals surface area contributed by atoms with Crippen molar-refractivity contribution in [2.75, 3.05) is 0 Å². The van der Waals surface area contributed by atoms with Crippen LogP contribution in [0.25, 0.3) is 0 Å². The van der Waals surface area contributed by atoms with Crippen LogP contribution in [-0.2, 0) is 6.42 Å². The molecule has 1 heterocycles. The molecule has 0 aliphatic heterocycles. The lowest BCUT2D eigenvalue weighted by Gasteiger charge is -2.24. The van der Waals surface area contributed by atoms with Crippen LogP contribution in [0.2, 0.25) is 5.15 Å². The van der Waals surface area contributed by atoms with Crippen LogP contribution in [0.1, 0.15) is 49.2 Å². The van der Waals surface area contributed by atoms with E-state index in [1.54, 1.807) is 0 Å². The van der Waals surface area contributed by atoms with Crippen LogP contribution in [0.5, 0.6) is 0 Å². The summed E-state index contributed by atoms with van der Waals surface area (Å²) in [5.74, 6) is 1.53. The van der Waals surface area contributed by atoms with Gasteiger partial charge in [0, 0.05) is 17.2 Å². The zero-order valence-corrected chi connectivity index (χ0v) is 9.43. The van der Waals surface area contributed by atoms with Gasteiger partial charge >= 0.3 is 0 Å². The molecule has 1 aromatic heterocycles. The molecular formula is C11H15ClN2. The second kappa shape index (κ2) is 3.85. The fourth-order valence-corrected chi connectivity index (χ4v) is 1.94. The molecule has 0 radical (unpaired) electrons. The molecule has 0 N–H and O–H groups in total. The number of halogens is 1. The number of nitrogens with zero attached hydrogens (tertiary/aromatic N) is 2. The third kappa shape index (κ3) is 1.63. The van der Waals surface area contributed by atoms with Crippen molar-refractivity contribution in [3.63, 3.8) is 0 Å². The summed E-state index contributed by atoms with van der Waals surface area (Å²) in [5, 5.41) is 0.638. The zero-order valence-electron chi connectivity index (χ0n) is 8.68. The Labute approximate surface area is 89.7 Å². The summed E-state index contributed by atoms with van der Waals surface area (Å²) in [5.41, 5.74) is 2.14. The predicted molar refractivity (Wildman–Crippen MR) is 57.7 cm³/mol. The van der Waals surface area contributed by atoms with Gasteiger partial charge in [-0.2, -0.15) is 0 Å². The second-order valence-corrected chi connectivity index (χ2v) is 4.28. The number of hydrogen-bond donors (Lipinski definition) is 0. The Balaban J connectivity index is 2.37. The number of rotatable bonds is 2. The Hall–Kier alpha value is -0.630. The smallest absolute Gasteiger partial charge is 0.135 e. The normalized spacial score (nSPS) is 16.8. The molecule has 1 aliphatic carbocycles. The van der Waals surface area contributed by atoms with Gasteiger partial charge in [-0.25, -0.2) is 9.97 Å². The van der Waals surface area contributed by atoms with E-state index in [-0.39, 0.29) is 0 Å². The van der Waals surface area contributed by atoms with E-state index >= 15 is 0 Å². The molecule has 3 heteroatoms. The number of aryl methyl sites for hydroxylation is 1. The van der Waals surface area contributed by atoms with E-state index in [0.29, 0.717) is 11.1 Å². The molecule has 0 spiro atoms. The molecule has 1 saturated carbocycles. The number of hydrogen-bond acceptors (Lipinski definition) is 2. The Bertz CT molecular complexity index is 345. The van der Waals surface area contributed by atoms with E-state index in [1.807, 2.05) is 6.92 Å². The minimum atomic E-state index is 0.568. The molecule has 0 atom stereocenters. The Morgan fingerprint density at radius 3 is 2.57 bits per heavy atom. The fraction of sp³-hybridized carbons (Fsp3) is 0.636. The first kappa shape index (κ1) is 9.91. The predicted octanol–water partition coefficient (Wildman–Crippen LogP) is 3.27. The highest BCUT2D eigenvalue weighted by Gasteiger charge is 2.23. The molecule has 2 nitrogen and oxygen atoms in total. The average Bonchev–Trinajstić information content (AvgIpc) is 2.08. The lowest BCUT2D eigenvalue weighted by Crippen LogP contribution is -2.14. The molecule has 0 amide bonds. The summed E-state index contributed by atoms with van der Waals surface area (Å²) in [6.45, 7) is 4.10. The molecule has 1 aromatic rings. The molecule has 0 aromatic carbocycles. The van der Waals surface area contributed by atoms with Crippen LogP contribution < -0.4 is 0 Å². The van der Waals surface area contributed by atoms with Crippen molar-refractivity contribution in [3.8, 4) is 0 Å². The second-order valence-electron chi connectivity index (χ2n) is 3.93. The van der Waals surface area contributed by atoms with Crippen LogP contribution in [-0.4, -0.2) is 9.97 Å². The van der Waals surface area contributed by atoms with Crippen LogP contribution in [0.15, 0.2) is 0 Å². The Morgan fingerprint density at radius 1 is 1.36 bits per heavy atom. The highest BCUT2D eigenvalue weighted by atomic mass is 35.5. The fourth-order valence-electron chi connectivity index (χ4n) is 1.74. The van der Waals surface area contributed by atoms with Gasteiger partial charge in [-0.05, 0) is 26.2 Å². The first-order valence-electron chi connectivity index (χ1n) is 5.25. The first-order valence-corrected chi connectivity index (χ1v) is 5.63. The van der Waals surface area contributed by atoms with E-state index < -0.39 is 0 Å². The molecule has 1 aliphatic rings. The third-order valence-corrected chi connectivity index (χ3v) is 3.38. The van der Waals surface area contributed by atoms with Crippen molar-refractivity contribution in [2.45, 2.75) is 45.4 Å². The molecule has 0 unspecified atom stereocenters. The molecule has 1 fully saturated rings. The van der Waals surface area contributed by atoms with Gasteiger partial charge in [0.1, 0.15) is 11.0 Å². The van der Waals surface area contributed by atoms with E-state index in [9.17, 15) is 0 Å². The third-order valence-electron chi connectivity index (χ3n) is 3.01. The lowest BCUT2D eigenvalue weighted by molar-refractivity contribution is 0.400. The molecular weight excluding hydrogens is 196 g/mol. The van der Waals surface area contributed by atoms with Crippen LogP contribution in [0, 0.1) is 6.92 Å². The molecule has 14 heavy (non-hydrogen) atoms. The topological polar surface area (TPSA) is 25.8 Å². The Morgan fingerprint density at radius 2 is 2.07 bits per heavy atom. The zero-order chi connectivity index (χ0) is 10.1. The van der Waals surface area contributed by atoms with Gasteiger partial charge in [0.05, 0.1) is 0 Å². The first-order chi connectivity index (χ1) is 6.72. The molecule has 0 bridgehead atoms. The van der Waals surface area contributed by atoms with Gasteiger partial charge in [-0.15, -0.1) is 0 Å². The van der Waals surface area contributed by atoms with Gasteiger partial charge < -0.3 is 0 Å². The monoisotopic (exact) mass is 210 g/mol. The Kier molecular flexibility index (Phi) is 2.73. The molecule has 76 valence electrons. The standard InChI is InChI=1S/C11H15ClN2/c1-3-9-7(2)10(12)14-11(13-9)8-5-4-6-8/h8H,3-6H2,1-2H3. The van der Waals surface area contributed by atoms with E-state index in [4.69, 9.17) is 11.6 Å².